The predicted molar refractivity (Wildman–Crippen MR) is 111 cm³/mol. The highest BCUT2D eigenvalue weighted by Gasteiger charge is 2.17. The smallest absolute Gasteiger partial charge is 0.260 e. The highest BCUT2D eigenvalue weighted by molar-refractivity contribution is 6.31. The molecule has 150 valence electrons. The third kappa shape index (κ3) is 4.90. The van der Waals surface area contributed by atoms with E-state index in [0.29, 0.717) is 22.3 Å². The average molecular weight is 404 g/mol. The standard InChI is InChI=1S/C22H26ClNO4/c1-26-19-8-7-9-20(27-2)22(19)16-12-17(23)14-18(13-16)28-15-21(25)24-10-5-3-4-6-11-24/h7-9,12-14H,3-6,10-11,15H2,1-2H3. The van der Waals surface area contributed by atoms with Gasteiger partial charge in [-0.2, -0.15) is 0 Å². The van der Waals surface area contributed by atoms with Crippen LogP contribution in [0.1, 0.15) is 25.7 Å². The van der Waals surface area contributed by atoms with Gasteiger partial charge in [-0.1, -0.05) is 30.5 Å². The molecule has 0 aromatic heterocycles. The molecule has 0 N–H and O–H groups in total. The summed E-state index contributed by atoms with van der Waals surface area (Å²) in [6.07, 6.45) is 4.48. The third-order valence-electron chi connectivity index (χ3n) is 4.91. The maximum Gasteiger partial charge on any atom is 0.260 e. The maximum atomic E-state index is 12.5. The van der Waals surface area contributed by atoms with Crippen molar-refractivity contribution < 1.29 is 19.0 Å². The fraction of sp³-hybridized carbons (Fsp3) is 0.409. The van der Waals surface area contributed by atoms with Gasteiger partial charge in [-0.15, -0.1) is 0 Å². The molecule has 3 rings (SSSR count). The van der Waals surface area contributed by atoms with E-state index in [1.165, 1.54) is 12.8 Å². The van der Waals surface area contributed by atoms with Gasteiger partial charge in [0.1, 0.15) is 17.2 Å². The Hall–Kier alpha value is -2.40. The molecule has 1 heterocycles. The largest absolute Gasteiger partial charge is 0.496 e. The molecule has 2 aromatic rings. The van der Waals surface area contributed by atoms with Gasteiger partial charge in [0.2, 0.25) is 0 Å². The number of rotatable bonds is 6. The minimum Gasteiger partial charge on any atom is -0.496 e. The summed E-state index contributed by atoms with van der Waals surface area (Å²) in [4.78, 5) is 14.4. The Morgan fingerprint density at radius 3 is 2.25 bits per heavy atom. The van der Waals surface area contributed by atoms with Gasteiger partial charge in [-0.3, -0.25) is 4.79 Å². The first kappa shape index (κ1) is 20.3. The summed E-state index contributed by atoms with van der Waals surface area (Å²) in [5.74, 6) is 1.90. The summed E-state index contributed by atoms with van der Waals surface area (Å²) >= 11 is 6.32. The lowest BCUT2D eigenvalue weighted by molar-refractivity contribution is -0.133. The van der Waals surface area contributed by atoms with Crippen LogP contribution in [-0.2, 0) is 4.79 Å². The molecule has 2 aromatic carbocycles. The molecule has 1 aliphatic rings. The summed E-state index contributed by atoms with van der Waals surface area (Å²) < 4.78 is 16.8. The molecule has 5 nitrogen and oxygen atoms in total. The van der Waals surface area contributed by atoms with E-state index in [0.717, 1.165) is 37.1 Å². The number of likely N-dealkylation sites (tertiary alicyclic amines) is 1. The number of nitrogens with zero attached hydrogens (tertiary/aromatic N) is 1. The molecule has 1 aliphatic heterocycles. The molecule has 0 radical (unpaired) electrons. The first-order chi connectivity index (χ1) is 13.6. The molecule has 1 amide bonds. The number of amides is 1. The number of halogens is 1. The molecule has 0 bridgehead atoms. The Bertz CT molecular complexity index is 794. The Kier molecular flexibility index (Phi) is 7.04. The van der Waals surface area contributed by atoms with E-state index in [9.17, 15) is 4.79 Å². The van der Waals surface area contributed by atoms with E-state index >= 15 is 0 Å². The third-order valence-corrected chi connectivity index (χ3v) is 5.13. The van der Waals surface area contributed by atoms with Gasteiger partial charge in [-0.05, 0) is 48.7 Å². The summed E-state index contributed by atoms with van der Waals surface area (Å²) in [5.41, 5.74) is 1.60. The Labute approximate surface area is 171 Å². The van der Waals surface area contributed by atoms with E-state index in [4.69, 9.17) is 25.8 Å². The number of ether oxygens (including phenoxy) is 3. The van der Waals surface area contributed by atoms with Crippen LogP contribution in [0, 0.1) is 0 Å². The highest BCUT2D eigenvalue weighted by atomic mass is 35.5. The van der Waals surface area contributed by atoms with Gasteiger partial charge >= 0.3 is 0 Å². The van der Waals surface area contributed by atoms with Crippen LogP contribution in [-0.4, -0.2) is 44.7 Å². The lowest BCUT2D eigenvalue weighted by Crippen LogP contribution is -2.35. The summed E-state index contributed by atoms with van der Waals surface area (Å²) in [7, 11) is 3.22. The van der Waals surface area contributed by atoms with Gasteiger partial charge in [-0.25, -0.2) is 0 Å². The van der Waals surface area contributed by atoms with Gasteiger partial charge in [0.15, 0.2) is 6.61 Å². The van der Waals surface area contributed by atoms with Gasteiger partial charge in [0.25, 0.3) is 5.91 Å². The van der Waals surface area contributed by atoms with E-state index in [1.54, 1.807) is 20.3 Å². The van der Waals surface area contributed by atoms with Crippen molar-refractivity contribution in [3.63, 3.8) is 0 Å². The fourth-order valence-electron chi connectivity index (χ4n) is 3.48. The molecule has 6 heteroatoms. The van der Waals surface area contributed by atoms with Crippen LogP contribution in [0.5, 0.6) is 17.2 Å². The molecular weight excluding hydrogens is 378 g/mol. The van der Waals surface area contributed by atoms with Crippen molar-refractivity contribution in [2.24, 2.45) is 0 Å². The van der Waals surface area contributed by atoms with Crippen molar-refractivity contribution in [1.82, 2.24) is 4.90 Å². The molecule has 28 heavy (non-hydrogen) atoms. The molecule has 0 saturated carbocycles. The average Bonchev–Trinajstić information content (AvgIpc) is 3.00. The predicted octanol–water partition coefficient (Wildman–Crippen LogP) is 4.81. The number of methoxy groups -OCH3 is 2. The second-order valence-electron chi connectivity index (χ2n) is 6.80. The molecule has 0 aliphatic carbocycles. The van der Waals surface area contributed by atoms with Gasteiger partial charge < -0.3 is 19.1 Å². The van der Waals surface area contributed by atoms with Crippen molar-refractivity contribution in [3.05, 3.63) is 41.4 Å². The van der Waals surface area contributed by atoms with Crippen LogP contribution in [0.2, 0.25) is 5.02 Å². The first-order valence-electron chi connectivity index (χ1n) is 9.55. The Balaban J connectivity index is 1.80. The normalized spacial score (nSPS) is 14.3. The lowest BCUT2D eigenvalue weighted by atomic mass is 10.0. The number of carbonyl (C=O) groups excluding carboxylic acids is 1. The SMILES string of the molecule is COc1cccc(OC)c1-c1cc(Cl)cc(OCC(=O)N2CCCCCC2)c1. The van der Waals surface area contributed by atoms with Crippen LogP contribution in [0.15, 0.2) is 36.4 Å². The first-order valence-corrected chi connectivity index (χ1v) is 9.92. The van der Waals surface area contributed by atoms with Crippen LogP contribution >= 0.6 is 11.6 Å². The molecule has 0 spiro atoms. The Morgan fingerprint density at radius 2 is 1.64 bits per heavy atom. The molecule has 1 fully saturated rings. The van der Waals surface area contributed by atoms with Crippen LogP contribution in [0.25, 0.3) is 11.1 Å². The van der Waals surface area contributed by atoms with Gasteiger partial charge in [0, 0.05) is 18.1 Å². The second-order valence-corrected chi connectivity index (χ2v) is 7.23. The van der Waals surface area contributed by atoms with E-state index < -0.39 is 0 Å². The monoisotopic (exact) mass is 403 g/mol. The van der Waals surface area contributed by atoms with E-state index in [1.807, 2.05) is 35.2 Å². The maximum absolute atomic E-state index is 12.5. The zero-order chi connectivity index (χ0) is 19.9. The quantitative estimate of drug-likeness (QED) is 0.694. The topological polar surface area (TPSA) is 48.0 Å². The minimum absolute atomic E-state index is 0.00282. The molecule has 1 saturated heterocycles. The highest BCUT2D eigenvalue weighted by Crippen LogP contribution is 2.40. The van der Waals surface area contributed by atoms with Gasteiger partial charge in [0.05, 0.1) is 19.8 Å². The number of carbonyl (C=O) groups is 1. The summed E-state index contributed by atoms with van der Waals surface area (Å²) in [5, 5.41) is 0.516. The van der Waals surface area contributed by atoms with Crippen LogP contribution in [0.3, 0.4) is 0 Å². The molecule has 0 atom stereocenters. The van der Waals surface area contributed by atoms with E-state index in [-0.39, 0.29) is 12.5 Å². The van der Waals surface area contributed by atoms with Crippen molar-refractivity contribution in [1.29, 1.82) is 0 Å². The molecular formula is C22H26ClNO4. The van der Waals surface area contributed by atoms with Crippen LogP contribution in [0.4, 0.5) is 0 Å². The minimum atomic E-state index is 0.00282. The molecule has 0 unspecified atom stereocenters. The van der Waals surface area contributed by atoms with Crippen LogP contribution < -0.4 is 14.2 Å². The zero-order valence-electron chi connectivity index (χ0n) is 16.4. The Morgan fingerprint density at radius 1 is 1.00 bits per heavy atom. The summed E-state index contributed by atoms with van der Waals surface area (Å²) in [6.45, 7) is 1.62. The number of hydrogen-bond acceptors (Lipinski definition) is 4. The van der Waals surface area contributed by atoms with Crippen molar-refractivity contribution in [3.8, 4) is 28.4 Å². The van der Waals surface area contributed by atoms with E-state index in [2.05, 4.69) is 0 Å². The number of hydrogen-bond donors (Lipinski definition) is 0. The number of benzene rings is 2. The lowest BCUT2D eigenvalue weighted by Gasteiger charge is -2.20. The van der Waals surface area contributed by atoms with Crippen molar-refractivity contribution >= 4 is 17.5 Å². The fourth-order valence-corrected chi connectivity index (χ4v) is 3.71. The summed E-state index contributed by atoms with van der Waals surface area (Å²) in [6, 6.07) is 11.0. The van der Waals surface area contributed by atoms with Crippen molar-refractivity contribution in [2.75, 3.05) is 33.9 Å². The van der Waals surface area contributed by atoms with Crippen molar-refractivity contribution in [2.45, 2.75) is 25.7 Å². The second kappa shape index (κ2) is 9.69. The zero-order valence-corrected chi connectivity index (χ0v) is 17.1.